The van der Waals surface area contributed by atoms with Crippen LogP contribution in [0.5, 0.6) is 11.5 Å². The third-order valence-corrected chi connectivity index (χ3v) is 5.59. The van der Waals surface area contributed by atoms with Crippen molar-refractivity contribution in [3.8, 4) is 11.5 Å². The maximum Gasteiger partial charge on any atom is 0.240 e. The minimum Gasteiger partial charge on any atom is -0.486 e. The number of sulfonamides is 1. The molecule has 0 saturated carbocycles. The molecule has 1 heterocycles. The smallest absolute Gasteiger partial charge is 0.240 e. The fourth-order valence-electron chi connectivity index (χ4n) is 2.80. The summed E-state index contributed by atoms with van der Waals surface area (Å²) in [7, 11) is -1.52. The van der Waals surface area contributed by atoms with Gasteiger partial charge in [-0.3, -0.25) is 0 Å². The lowest BCUT2D eigenvalue weighted by Crippen LogP contribution is -2.28. The third kappa shape index (κ3) is 4.97. The lowest BCUT2D eigenvalue weighted by molar-refractivity contribution is 0.171. The quantitative estimate of drug-likeness (QED) is 0.716. The van der Waals surface area contributed by atoms with Gasteiger partial charge in [0.15, 0.2) is 11.5 Å². The average molecular weight is 376 g/mol. The highest BCUT2D eigenvalue weighted by atomic mass is 32.2. The van der Waals surface area contributed by atoms with E-state index in [-0.39, 0.29) is 4.90 Å². The SMILES string of the molecule is CN(CCCNS(=O)(=O)c1ccc2c(c1)OCCO2)Cc1ccccc1. The van der Waals surface area contributed by atoms with Crippen LogP contribution in [0, 0.1) is 0 Å². The fourth-order valence-corrected chi connectivity index (χ4v) is 3.89. The highest BCUT2D eigenvalue weighted by Crippen LogP contribution is 2.32. The van der Waals surface area contributed by atoms with E-state index in [1.165, 1.54) is 17.7 Å². The van der Waals surface area contributed by atoms with E-state index in [0.717, 1.165) is 19.5 Å². The first kappa shape index (κ1) is 18.7. The van der Waals surface area contributed by atoms with Gasteiger partial charge < -0.3 is 14.4 Å². The van der Waals surface area contributed by atoms with Gasteiger partial charge in [0.1, 0.15) is 13.2 Å². The molecular weight excluding hydrogens is 352 g/mol. The molecule has 0 aliphatic carbocycles. The maximum absolute atomic E-state index is 12.4. The van der Waals surface area contributed by atoms with Crippen LogP contribution in [-0.2, 0) is 16.6 Å². The van der Waals surface area contributed by atoms with Gasteiger partial charge in [-0.25, -0.2) is 13.1 Å². The summed E-state index contributed by atoms with van der Waals surface area (Å²) in [5.74, 6) is 1.06. The Kier molecular flexibility index (Phi) is 6.13. The molecule has 1 N–H and O–H groups in total. The molecule has 0 amide bonds. The van der Waals surface area contributed by atoms with E-state index in [9.17, 15) is 8.42 Å². The van der Waals surface area contributed by atoms with Crippen molar-refractivity contribution in [1.82, 2.24) is 9.62 Å². The molecule has 1 aliphatic rings. The van der Waals surface area contributed by atoms with Crippen molar-refractivity contribution in [1.29, 1.82) is 0 Å². The Morgan fingerprint density at radius 2 is 1.77 bits per heavy atom. The first-order chi connectivity index (χ1) is 12.5. The first-order valence-electron chi connectivity index (χ1n) is 8.66. The molecule has 0 atom stereocenters. The Morgan fingerprint density at radius 1 is 1.04 bits per heavy atom. The minimum atomic E-state index is -3.55. The zero-order chi connectivity index (χ0) is 18.4. The number of ether oxygens (including phenoxy) is 2. The summed E-state index contributed by atoms with van der Waals surface area (Å²) in [5, 5.41) is 0. The van der Waals surface area contributed by atoms with Gasteiger partial charge in [0.25, 0.3) is 0 Å². The summed E-state index contributed by atoms with van der Waals surface area (Å²) >= 11 is 0. The van der Waals surface area contributed by atoms with Crippen LogP contribution >= 0.6 is 0 Å². The number of rotatable bonds is 8. The monoisotopic (exact) mass is 376 g/mol. The van der Waals surface area contributed by atoms with Gasteiger partial charge in [-0.15, -0.1) is 0 Å². The average Bonchev–Trinajstić information content (AvgIpc) is 2.66. The third-order valence-electron chi connectivity index (χ3n) is 4.13. The number of nitrogens with zero attached hydrogens (tertiary/aromatic N) is 1. The van der Waals surface area contributed by atoms with Crippen LogP contribution in [0.1, 0.15) is 12.0 Å². The van der Waals surface area contributed by atoms with Crippen molar-refractivity contribution in [3.05, 3.63) is 54.1 Å². The second kappa shape index (κ2) is 8.53. The molecule has 140 valence electrons. The second-order valence-electron chi connectivity index (χ2n) is 6.28. The van der Waals surface area contributed by atoms with Gasteiger partial charge in [0.2, 0.25) is 10.0 Å². The molecule has 2 aromatic carbocycles. The zero-order valence-electron chi connectivity index (χ0n) is 14.8. The highest BCUT2D eigenvalue weighted by molar-refractivity contribution is 7.89. The number of nitrogens with one attached hydrogen (secondary N) is 1. The molecule has 26 heavy (non-hydrogen) atoms. The van der Waals surface area contributed by atoms with Gasteiger partial charge in [-0.2, -0.15) is 0 Å². The van der Waals surface area contributed by atoms with E-state index in [0.29, 0.717) is 31.3 Å². The van der Waals surface area contributed by atoms with Crippen LogP contribution in [0.3, 0.4) is 0 Å². The van der Waals surface area contributed by atoms with Crippen LogP contribution < -0.4 is 14.2 Å². The number of fused-ring (bicyclic) bond motifs is 1. The van der Waals surface area contributed by atoms with E-state index < -0.39 is 10.0 Å². The summed E-state index contributed by atoms with van der Waals surface area (Å²) < 4.78 is 38.4. The van der Waals surface area contributed by atoms with E-state index in [1.54, 1.807) is 6.07 Å². The number of hydrogen-bond acceptors (Lipinski definition) is 5. The summed E-state index contributed by atoms with van der Waals surface area (Å²) in [4.78, 5) is 2.37. The highest BCUT2D eigenvalue weighted by Gasteiger charge is 2.18. The largest absolute Gasteiger partial charge is 0.486 e. The molecule has 0 saturated heterocycles. The van der Waals surface area contributed by atoms with Crippen molar-refractivity contribution >= 4 is 10.0 Å². The van der Waals surface area contributed by atoms with Crippen LogP contribution in [0.15, 0.2) is 53.4 Å². The molecule has 0 fully saturated rings. The Balaban J connectivity index is 1.48. The van der Waals surface area contributed by atoms with Gasteiger partial charge >= 0.3 is 0 Å². The standard InChI is InChI=1S/C19H24N2O4S/c1-21(15-16-6-3-2-4-7-16)11-5-10-20-26(22,23)17-8-9-18-19(14-17)25-13-12-24-18/h2-4,6-9,14,20H,5,10-13,15H2,1H3. The molecular formula is C19H24N2O4S. The summed E-state index contributed by atoms with van der Waals surface area (Å²) in [6.07, 6.45) is 0.729. The fraction of sp³-hybridized carbons (Fsp3) is 0.368. The molecule has 0 spiro atoms. The van der Waals surface area contributed by atoms with Crippen LogP contribution in [0.2, 0.25) is 0 Å². The van der Waals surface area contributed by atoms with Gasteiger partial charge in [-0.1, -0.05) is 30.3 Å². The molecule has 7 heteroatoms. The molecule has 1 aliphatic heterocycles. The second-order valence-corrected chi connectivity index (χ2v) is 8.05. The molecule has 0 radical (unpaired) electrons. The molecule has 3 rings (SSSR count). The normalized spacial score (nSPS) is 13.8. The Morgan fingerprint density at radius 3 is 2.54 bits per heavy atom. The van der Waals surface area contributed by atoms with Crippen LogP contribution in [0.25, 0.3) is 0 Å². The molecule has 0 unspecified atom stereocenters. The van der Waals surface area contributed by atoms with Gasteiger partial charge in [0, 0.05) is 19.2 Å². The Bertz CT molecular complexity index is 825. The van der Waals surface area contributed by atoms with E-state index in [4.69, 9.17) is 9.47 Å². The van der Waals surface area contributed by atoms with Crippen molar-refractivity contribution in [2.24, 2.45) is 0 Å². The predicted octanol–water partition coefficient (Wildman–Crippen LogP) is 2.26. The molecule has 0 aromatic heterocycles. The van der Waals surface area contributed by atoms with Crippen molar-refractivity contribution in [3.63, 3.8) is 0 Å². The lowest BCUT2D eigenvalue weighted by Gasteiger charge is -2.19. The number of hydrogen-bond donors (Lipinski definition) is 1. The van der Waals surface area contributed by atoms with Crippen molar-refractivity contribution in [2.75, 3.05) is 33.4 Å². The number of benzene rings is 2. The zero-order valence-corrected chi connectivity index (χ0v) is 15.7. The summed E-state index contributed by atoms with van der Waals surface area (Å²) in [5.41, 5.74) is 1.24. The van der Waals surface area contributed by atoms with E-state index >= 15 is 0 Å². The Hall–Kier alpha value is -2.09. The van der Waals surface area contributed by atoms with E-state index in [1.807, 2.05) is 25.2 Å². The molecule has 0 bridgehead atoms. The molecule has 2 aromatic rings. The summed E-state index contributed by atoms with van der Waals surface area (Å²) in [6.45, 7) is 2.94. The lowest BCUT2D eigenvalue weighted by atomic mass is 10.2. The van der Waals surface area contributed by atoms with Crippen LogP contribution in [-0.4, -0.2) is 46.7 Å². The predicted molar refractivity (Wildman–Crippen MR) is 100 cm³/mol. The molecule has 6 nitrogen and oxygen atoms in total. The van der Waals surface area contributed by atoms with Crippen molar-refractivity contribution < 1.29 is 17.9 Å². The van der Waals surface area contributed by atoms with Crippen LogP contribution in [0.4, 0.5) is 0 Å². The first-order valence-corrected chi connectivity index (χ1v) is 10.1. The Labute approximate surface area is 154 Å². The topological polar surface area (TPSA) is 67.9 Å². The van der Waals surface area contributed by atoms with E-state index in [2.05, 4.69) is 21.8 Å². The minimum absolute atomic E-state index is 0.194. The van der Waals surface area contributed by atoms with Crippen molar-refractivity contribution in [2.45, 2.75) is 17.9 Å². The van der Waals surface area contributed by atoms with Gasteiger partial charge in [0.05, 0.1) is 4.90 Å². The summed E-state index contributed by atoms with van der Waals surface area (Å²) in [6, 6.07) is 14.9. The maximum atomic E-state index is 12.4. The van der Waals surface area contributed by atoms with Gasteiger partial charge in [-0.05, 0) is 37.7 Å².